The second-order valence-electron chi connectivity index (χ2n) is 14.9. The molecular weight excluding hydrogens is 778 g/mol. The van der Waals surface area contributed by atoms with Crippen molar-refractivity contribution in [2.45, 2.75) is 6.18 Å². The first-order chi connectivity index (χ1) is 30.2. The molecule has 0 amide bonds. The van der Waals surface area contributed by atoms with Gasteiger partial charge >= 0.3 is 6.18 Å². The number of rotatable bonds is 5. The van der Waals surface area contributed by atoms with Gasteiger partial charge in [0.1, 0.15) is 11.6 Å². The van der Waals surface area contributed by atoms with Crippen molar-refractivity contribution < 1.29 is 13.2 Å². The average Bonchev–Trinajstić information content (AvgIpc) is 3.82. The largest absolute Gasteiger partial charge is 0.416 e. The number of alkyl halides is 3. The van der Waals surface area contributed by atoms with Crippen LogP contribution in [0, 0.1) is 45.3 Å². The molecule has 0 N–H and O–H groups in total. The molecule has 0 spiro atoms. The maximum atomic E-state index is 14.5. The summed E-state index contributed by atoms with van der Waals surface area (Å²) in [6.07, 6.45) is -4.76. The highest BCUT2D eigenvalue weighted by atomic mass is 19.4. The molecular formula is C53H27F3N6. The van der Waals surface area contributed by atoms with Gasteiger partial charge in [0.05, 0.1) is 73.9 Å². The smallest absolute Gasteiger partial charge is 0.308 e. The van der Waals surface area contributed by atoms with Gasteiger partial charge in [-0.2, -0.15) is 34.2 Å². The highest BCUT2D eigenvalue weighted by molar-refractivity contribution is 6.12. The van der Waals surface area contributed by atoms with Gasteiger partial charge in [-0.15, -0.1) is 0 Å². The fourth-order valence-electron chi connectivity index (χ4n) is 8.69. The molecule has 0 unspecified atom stereocenters. The number of benzene rings is 8. The summed E-state index contributed by atoms with van der Waals surface area (Å²) in [6, 6.07) is 57.6. The Morgan fingerprint density at radius 2 is 0.887 bits per heavy atom. The highest BCUT2D eigenvalue weighted by Crippen LogP contribution is 2.44. The monoisotopic (exact) mass is 804 g/mol. The third-order valence-electron chi connectivity index (χ3n) is 11.4. The zero-order valence-electron chi connectivity index (χ0n) is 32.4. The van der Waals surface area contributed by atoms with E-state index in [0.29, 0.717) is 39.1 Å². The summed E-state index contributed by atoms with van der Waals surface area (Å²) >= 11 is 0. The van der Waals surface area contributed by atoms with Gasteiger partial charge in [-0.3, -0.25) is 0 Å². The highest BCUT2D eigenvalue weighted by Gasteiger charge is 2.32. The second kappa shape index (κ2) is 14.4. The van der Waals surface area contributed by atoms with E-state index in [1.807, 2.05) is 124 Å². The number of hydrogen-bond donors (Lipinski definition) is 0. The maximum Gasteiger partial charge on any atom is 0.416 e. The van der Waals surface area contributed by atoms with Crippen molar-refractivity contribution in [1.29, 1.82) is 21.0 Å². The van der Waals surface area contributed by atoms with Gasteiger partial charge in [0.25, 0.3) is 0 Å². The van der Waals surface area contributed by atoms with Crippen molar-refractivity contribution in [2.75, 3.05) is 0 Å². The first-order valence-corrected chi connectivity index (χ1v) is 19.5. The fourth-order valence-corrected chi connectivity index (χ4v) is 8.69. The second-order valence-corrected chi connectivity index (χ2v) is 14.9. The molecule has 8 aromatic carbocycles. The topological polar surface area (TPSA) is 105 Å². The van der Waals surface area contributed by atoms with Crippen LogP contribution in [0.15, 0.2) is 164 Å². The van der Waals surface area contributed by atoms with Crippen LogP contribution in [0.1, 0.15) is 27.8 Å². The maximum absolute atomic E-state index is 14.5. The predicted octanol–water partition coefficient (Wildman–Crippen LogP) is 13.4. The summed E-state index contributed by atoms with van der Waals surface area (Å²) < 4.78 is 47.5. The first kappa shape index (κ1) is 37.4. The number of para-hydroxylation sites is 2. The SMILES string of the molecule is N#Cc1cccc(-c2ccc3c4ccccc4n(-c4ccc(-c5cc(C#N)cc(C(F)(F)F)c5)c(-n5c6ccccc6c6ccc(-c7cccc(C#N)c7)cc65)c4C#N)c3c2)c1. The quantitative estimate of drug-likeness (QED) is 0.173. The summed E-state index contributed by atoms with van der Waals surface area (Å²) in [6.45, 7) is 0. The van der Waals surface area contributed by atoms with E-state index in [9.17, 15) is 34.2 Å². The Hall–Kier alpha value is -8.89. The molecule has 0 fully saturated rings. The van der Waals surface area contributed by atoms with E-state index in [4.69, 9.17) is 0 Å². The average molecular weight is 805 g/mol. The van der Waals surface area contributed by atoms with Gasteiger partial charge in [-0.05, 0) is 101 Å². The molecule has 0 atom stereocenters. The minimum atomic E-state index is -4.76. The molecule has 0 radical (unpaired) electrons. The molecule has 0 aliphatic heterocycles. The zero-order chi connectivity index (χ0) is 42.7. The summed E-state index contributed by atoms with van der Waals surface area (Å²) in [7, 11) is 0. The third kappa shape index (κ3) is 6.01. The van der Waals surface area contributed by atoms with Crippen LogP contribution >= 0.6 is 0 Å². The number of halogens is 3. The lowest BCUT2D eigenvalue weighted by atomic mass is 9.95. The molecule has 2 aromatic heterocycles. The molecule has 2 heterocycles. The van der Waals surface area contributed by atoms with E-state index < -0.39 is 11.7 Å². The van der Waals surface area contributed by atoms with Gasteiger partial charge in [0.15, 0.2) is 0 Å². The van der Waals surface area contributed by atoms with Crippen LogP contribution in [0.25, 0.3) is 88.4 Å². The predicted molar refractivity (Wildman–Crippen MR) is 235 cm³/mol. The molecule has 10 rings (SSSR count). The molecule has 6 nitrogen and oxygen atoms in total. The van der Waals surface area contributed by atoms with E-state index in [1.165, 1.54) is 6.07 Å². The van der Waals surface area contributed by atoms with Crippen LogP contribution in [0.5, 0.6) is 0 Å². The van der Waals surface area contributed by atoms with E-state index in [0.717, 1.165) is 67.0 Å². The molecule has 0 aliphatic carbocycles. The van der Waals surface area contributed by atoms with Crippen LogP contribution < -0.4 is 0 Å². The summed E-state index contributed by atoms with van der Waals surface area (Å²) in [5, 5.41) is 44.5. The standard InChI is InChI=1S/C53H27F3N6/c54-53(55,56)40-24-34(30-59)23-39(25-40)41-19-20-49(61-47-13-3-1-11-42(47)44-17-15-37(26-50(44)61)35-9-5-7-32(21-35)28-57)46(31-60)52(41)62-48-14-4-2-12-43(48)45-18-16-38(27-51(45)62)36-10-6-8-33(22-36)29-58/h1-27H. The Balaban J connectivity index is 1.35. The molecule has 9 heteroatoms. The lowest BCUT2D eigenvalue weighted by molar-refractivity contribution is -0.137. The van der Waals surface area contributed by atoms with Crippen LogP contribution in [0.4, 0.5) is 13.2 Å². The molecule has 290 valence electrons. The number of fused-ring (bicyclic) bond motifs is 6. The van der Waals surface area contributed by atoms with Gasteiger partial charge in [0, 0.05) is 27.1 Å². The Morgan fingerprint density at radius 1 is 0.387 bits per heavy atom. The summed E-state index contributed by atoms with van der Waals surface area (Å²) in [4.78, 5) is 0. The minimum absolute atomic E-state index is 0.111. The summed E-state index contributed by atoms with van der Waals surface area (Å²) in [5.74, 6) is 0. The first-order valence-electron chi connectivity index (χ1n) is 19.5. The van der Waals surface area contributed by atoms with E-state index in [-0.39, 0.29) is 16.7 Å². The molecule has 0 bridgehead atoms. The minimum Gasteiger partial charge on any atom is -0.308 e. The van der Waals surface area contributed by atoms with Crippen molar-refractivity contribution >= 4 is 43.6 Å². The van der Waals surface area contributed by atoms with Gasteiger partial charge in [-0.25, -0.2) is 0 Å². The van der Waals surface area contributed by atoms with Crippen molar-refractivity contribution in [3.63, 3.8) is 0 Å². The van der Waals surface area contributed by atoms with Crippen LogP contribution in [-0.4, -0.2) is 9.13 Å². The number of nitriles is 4. The third-order valence-corrected chi connectivity index (χ3v) is 11.4. The number of aromatic nitrogens is 2. The molecule has 0 saturated carbocycles. The lowest BCUT2D eigenvalue weighted by Gasteiger charge is -2.21. The molecule has 62 heavy (non-hydrogen) atoms. The molecule has 0 aliphatic rings. The normalized spacial score (nSPS) is 11.4. The number of hydrogen-bond acceptors (Lipinski definition) is 4. The Bertz CT molecular complexity index is 3690. The summed E-state index contributed by atoms with van der Waals surface area (Å²) in [5.41, 5.74) is 7.43. The Kier molecular flexibility index (Phi) is 8.70. The Labute approximate surface area is 352 Å². The van der Waals surface area contributed by atoms with E-state index in [2.05, 4.69) is 18.2 Å². The Morgan fingerprint density at radius 3 is 1.44 bits per heavy atom. The number of nitrogens with zero attached hydrogens (tertiary/aromatic N) is 6. The van der Waals surface area contributed by atoms with Crippen molar-refractivity contribution in [1.82, 2.24) is 9.13 Å². The van der Waals surface area contributed by atoms with E-state index in [1.54, 1.807) is 36.4 Å². The van der Waals surface area contributed by atoms with Crippen molar-refractivity contribution in [2.24, 2.45) is 0 Å². The van der Waals surface area contributed by atoms with Crippen molar-refractivity contribution in [3.05, 3.63) is 192 Å². The van der Waals surface area contributed by atoms with Crippen LogP contribution in [0.2, 0.25) is 0 Å². The van der Waals surface area contributed by atoms with Gasteiger partial charge in [0.2, 0.25) is 0 Å². The van der Waals surface area contributed by atoms with Crippen LogP contribution in [-0.2, 0) is 6.18 Å². The van der Waals surface area contributed by atoms with Gasteiger partial charge in [-0.1, -0.05) is 91.0 Å². The van der Waals surface area contributed by atoms with Gasteiger partial charge < -0.3 is 9.13 Å². The van der Waals surface area contributed by atoms with E-state index >= 15 is 0 Å². The fraction of sp³-hybridized carbons (Fsp3) is 0.0189. The molecule has 10 aromatic rings. The zero-order valence-corrected chi connectivity index (χ0v) is 32.4. The lowest BCUT2D eigenvalue weighted by Crippen LogP contribution is -2.08. The molecule has 0 saturated heterocycles. The van der Waals surface area contributed by atoms with Crippen LogP contribution in [0.3, 0.4) is 0 Å². The van der Waals surface area contributed by atoms with Crippen molar-refractivity contribution in [3.8, 4) is 69.0 Å².